The monoisotopic (exact) mass is 381 g/mol. The summed E-state index contributed by atoms with van der Waals surface area (Å²) in [5.74, 6) is -2.91. The van der Waals surface area contributed by atoms with Gasteiger partial charge in [-0.2, -0.15) is 5.10 Å². The van der Waals surface area contributed by atoms with Gasteiger partial charge in [0.25, 0.3) is 5.91 Å². The lowest BCUT2D eigenvalue weighted by Gasteiger charge is -2.13. The maximum atomic E-state index is 14.3. The van der Waals surface area contributed by atoms with Crippen molar-refractivity contribution in [2.75, 3.05) is 0 Å². The Bertz CT molecular complexity index is 895. The average Bonchev–Trinajstić information content (AvgIpc) is 3.18. The fourth-order valence-corrected chi connectivity index (χ4v) is 3.23. The lowest BCUT2D eigenvalue weighted by atomic mass is 10.1. The number of alkyl halides is 2. The van der Waals surface area contributed by atoms with Gasteiger partial charge in [0.15, 0.2) is 5.69 Å². The van der Waals surface area contributed by atoms with Crippen LogP contribution in [0.3, 0.4) is 0 Å². The van der Waals surface area contributed by atoms with Crippen LogP contribution in [-0.4, -0.2) is 39.2 Å². The van der Waals surface area contributed by atoms with Gasteiger partial charge in [-0.25, -0.2) is 22.6 Å². The molecule has 3 rings (SSSR count). The van der Waals surface area contributed by atoms with Gasteiger partial charge in [-0.15, -0.1) is 0 Å². The molecule has 1 aliphatic carbocycles. The summed E-state index contributed by atoms with van der Waals surface area (Å²) in [4.78, 5) is 23.6. The number of nitrogens with one attached hydrogen (secondary N) is 1. The van der Waals surface area contributed by atoms with Crippen LogP contribution in [0.15, 0.2) is 18.2 Å². The molecule has 1 heterocycles. The minimum absolute atomic E-state index is 0.0519. The molecule has 0 spiro atoms. The second kappa shape index (κ2) is 7.42. The molecule has 0 radical (unpaired) electrons. The van der Waals surface area contributed by atoms with Gasteiger partial charge in [-0.1, -0.05) is 6.07 Å². The van der Waals surface area contributed by atoms with E-state index >= 15 is 0 Å². The van der Waals surface area contributed by atoms with E-state index in [0.29, 0.717) is 24.1 Å². The number of carbonyl (C=O) groups is 2. The first kappa shape index (κ1) is 18.9. The van der Waals surface area contributed by atoms with Gasteiger partial charge in [0.05, 0.1) is 0 Å². The number of aliphatic carboxylic acids is 1. The lowest BCUT2D eigenvalue weighted by Crippen LogP contribution is -2.42. The zero-order valence-electron chi connectivity index (χ0n) is 14.5. The number of amides is 1. The molecule has 1 unspecified atom stereocenters. The van der Waals surface area contributed by atoms with Gasteiger partial charge >= 0.3 is 5.97 Å². The van der Waals surface area contributed by atoms with Crippen LogP contribution in [0.5, 0.6) is 0 Å². The molecule has 1 aromatic heterocycles. The molecule has 2 aromatic rings. The van der Waals surface area contributed by atoms with E-state index in [1.54, 1.807) is 19.1 Å². The molecule has 144 valence electrons. The zero-order chi connectivity index (χ0) is 19.7. The average molecular weight is 381 g/mol. The summed E-state index contributed by atoms with van der Waals surface area (Å²) in [5.41, 5.74) is 2.21. The third-order valence-corrected chi connectivity index (χ3v) is 4.49. The van der Waals surface area contributed by atoms with Gasteiger partial charge in [-0.3, -0.25) is 4.79 Å². The number of carboxylic acids is 1. The highest BCUT2D eigenvalue weighted by Crippen LogP contribution is 2.29. The highest BCUT2D eigenvalue weighted by Gasteiger charge is 2.31. The molecule has 2 N–H and O–H groups in total. The van der Waals surface area contributed by atoms with Gasteiger partial charge in [-0.05, 0) is 43.9 Å². The van der Waals surface area contributed by atoms with Crippen molar-refractivity contribution < 1.29 is 27.9 Å². The Morgan fingerprint density at radius 2 is 2.07 bits per heavy atom. The fraction of sp³-hybridized carbons (Fsp3) is 0.389. The summed E-state index contributed by atoms with van der Waals surface area (Å²) in [6.45, 7) is 1.79. The van der Waals surface area contributed by atoms with E-state index in [0.717, 1.165) is 12.0 Å². The van der Waals surface area contributed by atoms with E-state index in [1.165, 1.54) is 10.7 Å². The number of aryl methyl sites for hydroxylation is 1. The third kappa shape index (κ3) is 3.81. The standard InChI is InChI=1S/C18H18F3N3O3/c1-9-5-6-11(19)14(7-9)24-13-4-2-3-10(13)16(23-24)17(25)22-12(18(26)27)8-15(20)21/h5-7,12,15H,2-4,8H2,1H3,(H,22,25)(H,26,27). The van der Waals surface area contributed by atoms with Gasteiger partial charge in [0.1, 0.15) is 17.5 Å². The number of benzene rings is 1. The Morgan fingerprint density at radius 1 is 1.33 bits per heavy atom. The molecule has 9 heteroatoms. The van der Waals surface area contributed by atoms with Crippen molar-refractivity contribution in [1.29, 1.82) is 0 Å². The van der Waals surface area contributed by atoms with Crippen molar-refractivity contribution in [1.82, 2.24) is 15.1 Å². The molecule has 1 aliphatic rings. The third-order valence-electron chi connectivity index (χ3n) is 4.49. The van der Waals surface area contributed by atoms with E-state index in [2.05, 4.69) is 10.4 Å². The van der Waals surface area contributed by atoms with Gasteiger partial charge in [0, 0.05) is 17.7 Å². The highest BCUT2D eigenvalue weighted by molar-refractivity contribution is 5.96. The Labute approximate surface area is 153 Å². The minimum atomic E-state index is -2.88. The first-order valence-electron chi connectivity index (χ1n) is 8.47. The fourth-order valence-electron chi connectivity index (χ4n) is 3.23. The van der Waals surface area contributed by atoms with Crippen molar-refractivity contribution in [2.45, 2.75) is 45.1 Å². The predicted octanol–water partition coefficient (Wildman–Crippen LogP) is 2.65. The molecular formula is C18H18F3N3O3. The summed E-state index contributed by atoms with van der Waals surface area (Å²) >= 11 is 0. The Kier molecular flexibility index (Phi) is 5.20. The molecule has 0 saturated carbocycles. The number of nitrogens with zero attached hydrogens (tertiary/aromatic N) is 2. The van der Waals surface area contributed by atoms with Crippen LogP contribution in [0.1, 0.15) is 40.2 Å². The number of carbonyl (C=O) groups excluding carboxylic acids is 1. The number of fused-ring (bicyclic) bond motifs is 1. The van der Waals surface area contributed by atoms with E-state index in [9.17, 15) is 22.8 Å². The summed E-state index contributed by atoms with van der Waals surface area (Å²) < 4.78 is 40.7. The van der Waals surface area contributed by atoms with Crippen LogP contribution in [0.2, 0.25) is 0 Å². The summed E-state index contributed by atoms with van der Waals surface area (Å²) in [5, 5.41) is 15.3. The number of rotatable bonds is 6. The summed E-state index contributed by atoms with van der Waals surface area (Å²) in [6.07, 6.45) is -2.03. The molecule has 0 saturated heterocycles. The SMILES string of the molecule is Cc1ccc(F)c(-n2nc(C(=O)NC(CC(F)F)C(=O)O)c3c2CCC3)c1. The summed E-state index contributed by atoms with van der Waals surface area (Å²) in [7, 11) is 0. The van der Waals surface area contributed by atoms with Crippen LogP contribution >= 0.6 is 0 Å². The van der Waals surface area contributed by atoms with Crippen LogP contribution in [0, 0.1) is 12.7 Å². The van der Waals surface area contributed by atoms with Crippen molar-refractivity contribution in [3.8, 4) is 5.69 Å². The van der Waals surface area contributed by atoms with Crippen molar-refractivity contribution in [3.63, 3.8) is 0 Å². The normalized spacial score (nSPS) is 14.3. The lowest BCUT2D eigenvalue weighted by molar-refractivity contribution is -0.140. The second-order valence-electron chi connectivity index (χ2n) is 6.49. The van der Waals surface area contributed by atoms with Crippen LogP contribution < -0.4 is 5.32 Å². The van der Waals surface area contributed by atoms with Crippen molar-refractivity contribution in [2.24, 2.45) is 0 Å². The first-order valence-corrected chi connectivity index (χ1v) is 8.47. The zero-order valence-corrected chi connectivity index (χ0v) is 14.5. The maximum absolute atomic E-state index is 14.3. The van der Waals surface area contributed by atoms with Crippen LogP contribution in [-0.2, 0) is 17.6 Å². The second-order valence-corrected chi connectivity index (χ2v) is 6.49. The molecule has 1 atom stereocenters. The minimum Gasteiger partial charge on any atom is -0.480 e. The molecule has 0 aliphatic heterocycles. The largest absolute Gasteiger partial charge is 0.480 e. The highest BCUT2D eigenvalue weighted by atomic mass is 19.3. The number of halogens is 3. The van der Waals surface area contributed by atoms with Crippen molar-refractivity contribution >= 4 is 11.9 Å². The molecule has 0 fully saturated rings. The topological polar surface area (TPSA) is 84.2 Å². The van der Waals surface area contributed by atoms with E-state index in [1.807, 2.05) is 0 Å². The number of hydrogen-bond donors (Lipinski definition) is 2. The predicted molar refractivity (Wildman–Crippen MR) is 89.8 cm³/mol. The molecule has 1 amide bonds. The molecule has 0 bridgehead atoms. The quantitative estimate of drug-likeness (QED) is 0.806. The Balaban J connectivity index is 1.96. The van der Waals surface area contributed by atoms with E-state index < -0.39 is 36.6 Å². The number of aromatic nitrogens is 2. The summed E-state index contributed by atoms with van der Waals surface area (Å²) in [6, 6.07) is 2.78. The maximum Gasteiger partial charge on any atom is 0.326 e. The number of hydrogen-bond acceptors (Lipinski definition) is 3. The molecular weight excluding hydrogens is 363 g/mol. The van der Waals surface area contributed by atoms with Crippen LogP contribution in [0.25, 0.3) is 5.69 Å². The Hall–Kier alpha value is -2.84. The number of carboxylic acid groups (broad SMARTS) is 1. The molecule has 6 nitrogen and oxygen atoms in total. The molecule has 27 heavy (non-hydrogen) atoms. The molecule has 1 aromatic carbocycles. The van der Waals surface area contributed by atoms with Gasteiger partial charge in [0.2, 0.25) is 6.43 Å². The Morgan fingerprint density at radius 3 is 2.74 bits per heavy atom. The van der Waals surface area contributed by atoms with Crippen LogP contribution in [0.4, 0.5) is 13.2 Å². The van der Waals surface area contributed by atoms with E-state index in [-0.39, 0.29) is 11.4 Å². The van der Waals surface area contributed by atoms with Crippen molar-refractivity contribution in [3.05, 3.63) is 46.5 Å². The van der Waals surface area contributed by atoms with Gasteiger partial charge < -0.3 is 10.4 Å². The smallest absolute Gasteiger partial charge is 0.326 e. The first-order chi connectivity index (χ1) is 12.8. The van der Waals surface area contributed by atoms with E-state index in [4.69, 9.17) is 5.11 Å².